The van der Waals surface area contributed by atoms with Crippen LogP contribution in [0.3, 0.4) is 0 Å². The maximum atomic E-state index is 12.2. The molecule has 0 saturated heterocycles. The van der Waals surface area contributed by atoms with Gasteiger partial charge in [-0.15, -0.1) is 11.8 Å². The number of nitrogens with zero attached hydrogens (tertiary/aromatic N) is 1. The van der Waals surface area contributed by atoms with Crippen LogP contribution in [0.25, 0.3) is 0 Å². The van der Waals surface area contributed by atoms with E-state index in [1.807, 2.05) is 37.3 Å². The molecule has 1 atom stereocenters. The Balaban J connectivity index is 1.58. The predicted molar refractivity (Wildman–Crippen MR) is 96.0 cm³/mol. The van der Waals surface area contributed by atoms with Gasteiger partial charge in [0.1, 0.15) is 5.82 Å². The first kappa shape index (κ1) is 16.5. The third-order valence-corrected chi connectivity index (χ3v) is 4.74. The fraction of sp³-hybridized carbons (Fsp3) is 0.278. The molecule has 0 spiro atoms. The Labute approximate surface area is 145 Å². The highest BCUT2D eigenvalue weighted by atomic mass is 32.2. The van der Waals surface area contributed by atoms with Crippen molar-refractivity contribution in [2.45, 2.75) is 29.9 Å². The number of aromatic nitrogens is 1. The molecule has 1 fully saturated rings. The van der Waals surface area contributed by atoms with Gasteiger partial charge in [-0.3, -0.25) is 9.59 Å². The number of pyridine rings is 1. The van der Waals surface area contributed by atoms with Crippen molar-refractivity contribution in [3.8, 4) is 0 Å². The minimum atomic E-state index is -0.276. The van der Waals surface area contributed by atoms with E-state index >= 15 is 0 Å². The quantitative estimate of drug-likeness (QED) is 0.788. The summed E-state index contributed by atoms with van der Waals surface area (Å²) in [5, 5.41) is 5.44. The summed E-state index contributed by atoms with van der Waals surface area (Å²) in [5.41, 5.74) is 0.772. The van der Waals surface area contributed by atoms with E-state index in [2.05, 4.69) is 15.6 Å². The van der Waals surface area contributed by atoms with Gasteiger partial charge in [0, 0.05) is 22.7 Å². The van der Waals surface area contributed by atoms with Crippen LogP contribution >= 0.6 is 11.8 Å². The molecule has 2 amide bonds. The second kappa shape index (κ2) is 7.49. The Morgan fingerprint density at radius 3 is 2.71 bits per heavy atom. The molecule has 1 aromatic carbocycles. The molecule has 0 radical (unpaired) electrons. The minimum Gasteiger partial charge on any atom is -0.326 e. The van der Waals surface area contributed by atoms with E-state index in [4.69, 9.17) is 0 Å². The lowest BCUT2D eigenvalue weighted by Gasteiger charge is -2.12. The van der Waals surface area contributed by atoms with Crippen LogP contribution in [0.2, 0.25) is 0 Å². The average molecular weight is 341 g/mol. The van der Waals surface area contributed by atoms with Crippen molar-refractivity contribution in [3.05, 3.63) is 48.7 Å². The molecule has 1 unspecified atom stereocenters. The summed E-state index contributed by atoms with van der Waals surface area (Å²) < 4.78 is 0. The summed E-state index contributed by atoms with van der Waals surface area (Å²) in [7, 11) is 0. The highest BCUT2D eigenvalue weighted by Crippen LogP contribution is 2.31. The average Bonchev–Trinajstić information content (AvgIpc) is 3.41. The zero-order chi connectivity index (χ0) is 16.9. The number of benzene rings is 1. The topological polar surface area (TPSA) is 71.1 Å². The first-order valence-electron chi connectivity index (χ1n) is 7.91. The van der Waals surface area contributed by atoms with E-state index in [0.717, 1.165) is 23.4 Å². The largest absolute Gasteiger partial charge is 0.326 e. The second-order valence-corrected chi connectivity index (χ2v) is 7.17. The fourth-order valence-electron chi connectivity index (χ4n) is 2.16. The molecule has 3 rings (SSSR count). The van der Waals surface area contributed by atoms with Crippen LogP contribution in [0.15, 0.2) is 53.6 Å². The standard InChI is InChI=1S/C18H19N3O2S/c1-12(17(22)21-16-7-2-3-10-19-16)24-15-6-4-5-14(11-15)20-18(23)13-8-9-13/h2-7,10-13H,8-9H2,1H3,(H,20,23)(H,19,21,22). The zero-order valence-corrected chi connectivity index (χ0v) is 14.2. The molecule has 1 heterocycles. The zero-order valence-electron chi connectivity index (χ0n) is 13.4. The van der Waals surface area contributed by atoms with Gasteiger partial charge in [-0.25, -0.2) is 4.98 Å². The smallest absolute Gasteiger partial charge is 0.238 e. The molecule has 1 saturated carbocycles. The molecule has 2 aromatic rings. The number of hydrogen-bond donors (Lipinski definition) is 2. The van der Waals surface area contributed by atoms with Gasteiger partial charge < -0.3 is 10.6 Å². The van der Waals surface area contributed by atoms with Gasteiger partial charge in [0.25, 0.3) is 0 Å². The second-order valence-electron chi connectivity index (χ2n) is 5.76. The van der Waals surface area contributed by atoms with E-state index in [1.165, 1.54) is 11.8 Å². The van der Waals surface area contributed by atoms with Crippen LogP contribution in [0, 0.1) is 5.92 Å². The van der Waals surface area contributed by atoms with E-state index < -0.39 is 0 Å². The van der Waals surface area contributed by atoms with Gasteiger partial charge in [-0.2, -0.15) is 0 Å². The normalized spacial score (nSPS) is 14.7. The summed E-state index contributed by atoms with van der Waals surface area (Å²) in [6.45, 7) is 1.85. The molecule has 24 heavy (non-hydrogen) atoms. The van der Waals surface area contributed by atoms with Crippen molar-refractivity contribution < 1.29 is 9.59 Å². The van der Waals surface area contributed by atoms with Crippen LogP contribution in [-0.2, 0) is 9.59 Å². The molecule has 2 N–H and O–H groups in total. The first-order chi connectivity index (χ1) is 11.6. The van der Waals surface area contributed by atoms with E-state index in [1.54, 1.807) is 18.3 Å². The van der Waals surface area contributed by atoms with E-state index in [-0.39, 0.29) is 23.0 Å². The lowest BCUT2D eigenvalue weighted by Crippen LogP contribution is -2.22. The molecule has 0 aliphatic heterocycles. The maximum absolute atomic E-state index is 12.2. The van der Waals surface area contributed by atoms with Gasteiger partial charge in [0.05, 0.1) is 5.25 Å². The number of anilines is 2. The molecule has 5 nitrogen and oxygen atoms in total. The van der Waals surface area contributed by atoms with Crippen LogP contribution in [0.4, 0.5) is 11.5 Å². The van der Waals surface area contributed by atoms with Crippen LogP contribution < -0.4 is 10.6 Å². The number of nitrogens with one attached hydrogen (secondary N) is 2. The van der Waals surface area contributed by atoms with E-state index in [9.17, 15) is 9.59 Å². The summed E-state index contributed by atoms with van der Waals surface area (Å²) in [4.78, 5) is 29.1. The van der Waals surface area contributed by atoms with E-state index in [0.29, 0.717) is 5.82 Å². The third-order valence-electron chi connectivity index (χ3n) is 3.65. The molecule has 1 aliphatic carbocycles. The Morgan fingerprint density at radius 2 is 2.00 bits per heavy atom. The monoisotopic (exact) mass is 341 g/mol. The van der Waals surface area contributed by atoms with Crippen molar-refractivity contribution in [2.75, 3.05) is 10.6 Å². The lowest BCUT2D eigenvalue weighted by molar-refractivity contribution is -0.117. The Bertz CT molecular complexity index is 732. The van der Waals surface area contributed by atoms with Crippen LogP contribution in [0.1, 0.15) is 19.8 Å². The lowest BCUT2D eigenvalue weighted by atomic mass is 10.3. The molecule has 1 aromatic heterocycles. The van der Waals surface area contributed by atoms with Crippen LogP contribution in [0.5, 0.6) is 0 Å². The number of rotatable bonds is 6. The van der Waals surface area contributed by atoms with Gasteiger partial charge in [0.15, 0.2) is 0 Å². The minimum absolute atomic E-state index is 0.0816. The summed E-state index contributed by atoms with van der Waals surface area (Å²) in [5.74, 6) is 0.689. The number of hydrogen-bond acceptors (Lipinski definition) is 4. The maximum Gasteiger partial charge on any atom is 0.238 e. The summed E-state index contributed by atoms with van der Waals surface area (Å²) in [6, 6.07) is 13.0. The number of thioether (sulfide) groups is 1. The highest BCUT2D eigenvalue weighted by Gasteiger charge is 2.29. The third kappa shape index (κ3) is 4.58. The van der Waals surface area contributed by atoms with Gasteiger partial charge >= 0.3 is 0 Å². The summed E-state index contributed by atoms with van der Waals surface area (Å²) >= 11 is 1.45. The Kier molecular flexibility index (Phi) is 5.15. The molecular formula is C18H19N3O2S. The first-order valence-corrected chi connectivity index (χ1v) is 8.79. The van der Waals surface area contributed by atoms with Crippen LogP contribution in [-0.4, -0.2) is 22.0 Å². The molecule has 0 bridgehead atoms. The summed E-state index contributed by atoms with van der Waals surface area (Å²) in [6.07, 6.45) is 3.59. The van der Waals surface area contributed by atoms with Gasteiger partial charge in [0.2, 0.25) is 11.8 Å². The number of amides is 2. The number of carbonyl (C=O) groups excluding carboxylic acids is 2. The van der Waals surface area contributed by atoms with Crippen molar-refractivity contribution in [2.24, 2.45) is 5.92 Å². The fourth-order valence-corrected chi connectivity index (χ4v) is 3.09. The number of carbonyl (C=O) groups is 2. The van der Waals surface area contributed by atoms with Gasteiger partial charge in [-0.1, -0.05) is 12.1 Å². The van der Waals surface area contributed by atoms with Crippen molar-refractivity contribution in [1.29, 1.82) is 0 Å². The Morgan fingerprint density at radius 1 is 1.17 bits per heavy atom. The molecule has 1 aliphatic rings. The molecule has 6 heteroatoms. The molecular weight excluding hydrogens is 322 g/mol. The van der Waals surface area contributed by atoms with Gasteiger partial charge in [-0.05, 0) is 50.1 Å². The van der Waals surface area contributed by atoms with Crippen molar-refractivity contribution in [3.63, 3.8) is 0 Å². The SMILES string of the molecule is CC(Sc1cccc(NC(=O)C2CC2)c1)C(=O)Nc1ccccn1. The van der Waals surface area contributed by atoms with Crippen molar-refractivity contribution in [1.82, 2.24) is 4.98 Å². The predicted octanol–water partition coefficient (Wildman–Crippen LogP) is 3.55. The highest BCUT2D eigenvalue weighted by molar-refractivity contribution is 8.00. The molecule has 124 valence electrons. The Hall–Kier alpha value is -2.34. The van der Waals surface area contributed by atoms with Crippen molar-refractivity contribution >= 4 is 35.1 Å².